The molecule has 4 rings (SSSR count). The molecule has 0 atom stereocenters. The Morgan fingerprint density at radius 1 is 1.22 bits per heavy atom. The number of aromatic nitrogens is 2. The summed E-state index contributed by atoms with van der Waals surface area (Å²) in [6.07, 6.45) is 0. The van der Waals surface area contributed by atoms with Crippen molar-refractivity contribution < 1.29 is 4.79 Å². The molecule has 0 bridgehead atoms. The molecule has 0 saturated carbocycles. The molecule has 0 aliphatic carbocycles. The summed E-state index contributed by atoms with van der Waals surface area (Å²) in [5.74, 6) is 0.754. The molecular weight excluding hydrogens is 384 g/mol. The van der Waals surface area contributed by atoms with Crippen molar-refractivity contribution in [2.75, 3.05) is 26.2 Å². The predicted octanol–water partition coefficient (Wildman–Crippen LogP) is 2.97. The fraction of sp³-hybridized carbons (Fsp3) is 0.316. The van der Waals surface area contributed by atoms with Gasteiger partial charge in [0.2, 0.25) is 5.91 Å². The van der Waals surface area contributed by atoms with Gasteiger partial charge in [0.15, 0.2) is 0 Å². The number of piperazine rings is 1. The van der Waals surface area contributed by atoms with E-state index in [1.165, 1.54) is 11.3 Å². The molecule has 1 amide bonds. The molecule has 0 spiro atoms. The Balaban J connectivity index is 1.60. The van der Waals surface area contributed by atoms with Crippen LogP contribution < -0.4 is 5.56 Å². The number of hydrogen-bond donors (Lipinski definition) is 1. The van der Waals surface area contributed by atoms with Crippen molar-refractivity contribution in [2.45, 2.75) is 13.5 Å². The Bertz CT molecular complexity index is 1050. The van der Waals surface area contributed by atoms with Crippen molar-refractivity contribution in [3.8, 4) is 11.1 Å². The van der Waals surface area contributed by atoms with Crippen LogP contribution in [0.5, 0.6) is 0 Å². The van der Waals surface area contributed by atoms with E-state index in [4.69, 9.17) is 11.6 Å². The van der Waals surface area contributed by atoms with E-state index in [2.05, 4.69) is 14.9 Å². The highest BCUT2D eigenvalue weighted by Gasteiger charge is 2.20. The lowest BCUT2D eigenvalue weighted by molar-refractivity contribution is -0.130. The first-order valence-corrected chi connectivity index (χ1v) is 10.0. The van der Waals surface area contributed by atoms with Gasteiger partial charge in [-0.05, 0) is 6.07 Å². The van der Waals surface area contributed by atoms with E-state index in [9.17, 15) is 9.59 Å². The summed E-state index contributed by atoms with van der Waals surface area (Å²) in [4.78, 5) is 36.5. The molecule has 2 aromatic heterocycles. The van der Waals surface area contributed by atoms with Crippen molar-refractivity contribution >= 4 is 39.1 Å². The van der Waals surface area contributed by atoms with E-state index >= 15 is 0 Å². The van der Waals surface area contributed by atoms with Crippen LogP contribution >= 0.6 is 22.9 Å². The Hall–Kier alpha value is -2.22. The number of carbonyl (C=O) groups is 1. The Morgan fingerprint density at radius 3 is 2.67 bits per heavy atom. The molecule has 3 heterocycles. The van der Waals surface area contributed by atoms with Crippen LogP contribution in [-0.2, 0) is 11.3 Å². The number of amides is 1. The Morgan fingerprint density at radius 2 is 1.96 bits per heavy atom. The molecular formula is C19H19ClN4O2S. The fourth-order valence-electron chi connectivity index (χ4n) is 3.38. The number of nitrogens with one attached hydrogen (secondary N) is 1. The summed E-state index contributed by atoms with van der Waals surface area (Å²) in [6.45, 7) is 5.12. The fourth-order valence-corrected chi connectivity index (χ4v) is 4.57. The molecule has 1 aliphatic rings. The van der Waals surface area contributed by atoms with Crippen LogP contribution in [0.4, 0.5) is 0 Å². The number of carbonyl (C=O) groups excluding carboxylic acids is 1. The zero-order valence-electron chi connectivity index (χ0n) is 14.9. The first-order valence-electron chi connectivity index (χ1n) is 8.76. The van der Waals surface area contributed by atoms with E-state index < -0.39 is 0 Å². The zero-order valence-corrected chi connectivity index (χ0v) is 16.4. The van der Waals surface area contributed by atoms with Crippen LogP contribution in [0, 0.1) is 0 Å². The van der Waals surface area contributed by atoms with Gasteiger partial charge >= 0.3 is 0 Å². The summed E-state index contributed by atoms with van der Waals surface area (Å²) < 4.78 is 0. The number of fused-ring (bicyclic) bond motifs is 1. The second kappa shape index (κ2) is 7.42. The van der Waals surface area contributed by atoms with Crippen molar-refractivity contribution in [3.05, 3.63) is 50.8 Å². The number of rotatable bonds is 3. The van der Waals surface area contributed by atoms with E-state index in [-0.39, 0.29) is 11.5 Å². The van der Waals surface area contributed by atoms with Crippen LogP contribution in [0.1, 0.15) is 12.7 Å². The van der Waals surface area contributed by atoms with Gasteiger partial charge < -0.3 is 9.88 Å². The number of benzene rings is 1. The first-order chi connectivity index (χ1) is 13.0. The van der Waals surface area contributed by atoms with Crippen molar-refractivity contribution in [1.82, 2.24) is 19.8 Å². The molecule has 8 heteroatoms. The smallest absolute Gasteiger partial charge is 0.260 e. The third kappa shape index (κ3) is 3.63. The molecule has 1 aliphatic heterocycles. The molecule has 1 N–H and O–H groups in total. The van der Waals surface area contributed by atoms with Gasteiger partial charge in [-0.25, -0.2) is 4.98 Å². The quantitative estimate of drug-likeness (QED) is 0.731. The topological polar surface area (TPSA) is 69.3 Å². The van der Waals surface area contributed by atoms with Gasteiger partial charge in [0, 0.05) is 54.6 Å². The van der Waals surface area contributed by atoms with Gasteiger partial charge in [0.05, 0.1) is 11.9 Å². The van der Waals surface area contributed by atoms with Gasteiger partial charge in [0.25, 0.3) is 5.56 Å². The average Bonchev–Trinajstić information content (AvgIpc) is 3.07. The van der Waals surface area contributed by atoms with Crippen molar-refractivity contribution in [1.29, 1.82) is 0 Å². The maximum Gasteiger partial charge on any atom is 0.260 e. The van der Waals surface area contributed by atoms with Crippen LogP contribution in [-0.4, -0.2) is 51.9 Å². The zero-order chi connectivity index (χ0) is 19.0. The highest BCUT2D eigenvalue weighted by atomic mass is 35.5. The normalized spacial score (nSPS) is 15.4. The van der Waals surface area contributed by atoms with Crippen LogP contribution in [0.3, 0.4) is 0 Å². The molecule has 0 radical (unpaired) electrons. The summed E-state index contributed by atoms with van der Waals surface area (Å²) >= 11 is 7.75. The molecule has 140 valence electrons. The van der Waals surface area contributed by atoms with E-state index in [1.54, 1.807) is 6.92 Å². The van der Waals surface area contributed by atoms with Crippen molar-refractivity contribution in [3.63, 3.8) is 0 Å². The van der Waals surface area contributed by atoms with Gasteiger partial charge in [0.1, 0.15) is 10.7 Å². The lowest BCUT2D eigenvalue weighted by Gasteiger charge is -2.33. The number of H-pyrrole nitrogens is 1. The molecule has 27 heavy (non-hydrogen) atoms. The van der Waals surface area contributed by atoms with E-state index in [0.717, 1.165) is 24.2 Å². The maximum atomic E-state index is 12.7. The van der Waals surface area contributed by atoms with Crippen LogP contribution in [0.15, 0.2) is 34.4 Å². The third-order valence-corrected chi connectivity index (χ3v) is 6.05. The van der Waals surface area contributed by atoms with E-state index in [1.807, 2.05) is 34.5 Å². The number of nitrogens with zero attached hydrogens (tertiary/aromatic N) is 3. The summed E-state index contributed by atoms with van der Waals surface area (Å²) in [7, 11) is 0. The minimum atomic E-state index is -0.145. The van der Waals surface area contributed by atoms with Gasteiger partial charge in [-0.15, -0.1) is 11.3 Å². The lowest BCUT2D eigenvalue weighted by atomic mass is 10.1. The number of halogens is 1. The molecule has 6 nitrogen and oxygen atoms in total. The van der Waals surface area contributed by atoms with Gasteiger partial charge in [-0.3, -0.25) is 14.5 Å². The van der Waals surface area contributed by atoms with Gasteiger partial charge in [-0.1, -0.05) is 29.8 Å². The minimum Gasteiger partial charge on any atom is -0.340 e. The highest BCUT2D eigenvalue weighted by molar-refractivity contribution is 7.17. The van der Waals surface area contributed by atoms with Crippen LogP contribution in [0.25, 0.3) is 21.3 Å². The van der Waals surface area contributed by atoms with Gasteiger partial charge in [-0.2, -0.15) is 0 Å². The number of hydrogen-bond acceptors (Lipinski definition) is 5. The monoisotopic (exact) mass is 402 g/mol. The largest absolute Gasteiger partial charge is 0.340 e. The predicted molar refractivity (Wildman–Crippen MR) is 108 cm³/mol. The summed E-state index contributed by atoms with van der Waals surface area (Å²) in [5.41, 5.74) is 1.51. The van der Waals surface area contributed by atoms with Crippen molar-refractivity contribution in [2.24, 2.45) is 0 Å². The third-order valence-electron chi connectivity index (χ3n) is 4.85. The average molecular weight is 403 g/mol. The first kappa shape index (κ1) is 18.2. The van der Waals surface area contributed by atoms with Crippen LogP contribution in [0.2, 0.25) is 5.02 Å². The standard InChI is InChI=1S/C19H19ClN4O2S/c1-12(25)24-8-6-23(7-9-24)10-16-21-18(26)17-14(11-27-19(17)22-16)13-4-2-3-5-15(13)20/h2-5,11H,6-10H2,1H3,(H,21,22,26). The summed E-state index contributed by atoms with van der Waals surface area (Å²) in [5, 5.41) is 3.13. The van der Waals surface area contributed by atoms with E-state index in [0.29, 0.717) is 40.7 Å². The Labute approximate surface area is 165 Å². The second-order valence-electron chi connectivity index (χ2n) is 6.60. The number of aromatic amines is 1. The maximum absolute atomic E-state index is 12.7. The molecule has 3 aromatic rings. The SMILES string of the molecule is CC(=O)N1CCN(Cc2nc3scc(-c4ccccc4Cl)c3c(=O)[nH]2)CC1. The number of thiophene rings is 1. The Kier molecular flexibility index (Phi) is 4.99. The molecule has 0 unspecified atom stereocenters. The minimum absolute atomic E-state index is 0.105. The summed E-state index contributed by atoms with van der Waals surface area (Å²) in [6, 6.07) is 7.50. The second-order valence-corrected chi connectivity index (χ2v) is 7.87. The molecule has 1 saturated heterocycles. The highest BCUT2D eigenvalue weighted by Crippen LogP contribution is 2.34. The lowest BCUT2D eigenvalue weighted by Crippen LogP contribution is -2.47. The molecule has 1 fully saturated rings. The molecule has 1 aromatic carbocycles.